The van der Waals surface area contributed by atoms with Crippen LogP contribution >= 0.6 is 11.6 Å². The molecular formula is C14H20ClN3O2. The highest BCUT2D eigenvalue weighted by molar-refractivity contribution is 6.33. The van der Waals surface area contributed by atoms with Crippen LogP contribution in [0.25, 0.3) is 0 Å². The number of carbonyl (C=O) groups excluding carboxylic acids is 1. The topological polar surface area (TPSA) is 67.6 Å². The highest BCUT2D eigenvalue weighted by Gasteiger charge is 2.21. The highest BCUT2D eigenvalue weighted by Crippen LogP contribution is 2.29. The van der Waals surface area contributed by atoms with Gasteiger partial charge < -0.3 is 20.7 Å². The number of ether oxygens (including phenoxy) is 1. The zero-order chi connectivity index (χ0) is 14.7. The Balaban J connectivity index is 2.11. The van der Waals surface area contributed by atoms with Gasteiger partial charge in [-0.25, -0.2) is 0 Å². The third-order valence-electron chi connectivity index (χ3n) is 3.62. The molecule has 1 amide bonds. The van der Waals surface area contributed by atoms with Gasteiger partial charge in [0.1, 0.15) is 5.75 Å². The molecule has 0 atom stereocenters. The van der Waals surface area contributed by atoms with Gasteiger partial charge in [-0.05, 0) is 39.0 Å². The molecule has 5 nitrogen and oxygen atoms in total. The molecule has 1 saturated heterocycles. The lowest BCUT2D eigenvalue weighted by Crippen LogP contribution is -2.43. The number of halogens is 1. The van der Waals surface area contributed by atoms with Crippen molar-refractivity contribution in [3.05, 3.63) is 22.7 Å². The SMILES string of the molecule is COc1cc(N)c(Cl)cc1C(=O)NC1CCN(C)CC1. The Morgan fingerprint density at radius 2 is 2.10 bits per heavy atom. The van der Waals surface area contributed by atoms with Gasteiger partial charge in [0.15, 0.2) is 0 Å². The van der Waals surface area contributed by atoms with Gasteiger partial charge in [0.05, 0.1) is 23.4 Å². The number of amides is 1. The Kier molecular flexibility index (Phi) is 4.73. The maximum absolute atomic E-state index is 12.3. The summed E-state index contributed by atoms with van der Waals surface area (Å²) in [5.74, 6) is 0.274. The number of anilines is 1. The van der Waals surface area contributed by atoms with Crippen LogP contribution in [-0.2, 0) is 0 Å². The van der Waals surface area contributed by atoms with Crippen molar-refractivity contribution in [1.29, 1.82) is 0 Å². The minimum Gasteiger partial charge on any atom is -0.496 e. The summed E-state index contributed by atoms with van der Waals surface area (Å²) in [5.41, 5.74) is 6.54. The van der Waals surface area contributed by atoms with Crippen LogP contribution in [0.5, 0.6) is 5.75 Å². The molecule has 1 aromatic rings. The smallest absolute Gasteiger partial charge is 0.255 e. The largest absolute Gasteiger partial charge is 0.496 e. The Morgan fingerprint density at radius 3 is 2.70 bits per heavy atom. The van der Waals surface area contributed by atoms with Crippen LogP contribution < -0.4 is 15.8 Å². The van der Waals surface area contributed by atoms with Gasteiger partial charge in [-0.1, -0.05) is 11.6 Å². The van der Waals surface area contributed by atoms with Gasteiger partial charge in [-0.2, -0.15) is 0 Å². The Bertz CT molecular complexity index is 499. The van der Waals surface area contributed by atoms with Gasteiger partial charge in [0.2, 0.25) is 0 Å². The Morgan fingerprint density at radius 1 is 1.45 bits per heavy atom. The Labute approximate surface area is 124 Å². The molecule has 1 aliphatic heterocycles. The normalized spacial score (nSPS) is 16.9. The number of hydrogen-bond donors (Lipinski definition) is 2. The number of hydrogen-bond acceptors (Lipinski definition) is 4. The number of carbonyl (C=O) groups is 1. The van der Waals surface area contributed by atoms with Crippen LogP contribution in [0, 0.1) is 0 Å². The van der Waals surface area contributed by atoms with Crippen molar-refractivity contribution in [2.75, 3.05) is 33.0 Å². The van der Waals surface area contributed by atoms with Crippen molar-refractivity contribution >= 4 is 23.2 Å². The molecule has 1 heterocycles. The lowest BCUT2D eigenvalue weighted by atomic mass is 10.0. The first-order valence-electron chi connectivity index (χ1n) is 6.63. The molecule has 2 rings (SSSR count). The number of methoxy groups -OCH3 is 1. The summed E-state index contributed by atoms with van der Waals surface area (Å²) in [5, 5.41) is 3.39. The lowest BCUT2D eigenvalue weighted by Gasteiger charge is -2.29. The minimum absolute atomic E-state index is 0.168. The fourth-order valence-corrected chi connectivity index (χ4v) is 2.50. The molecule has 0 unspecified atom stereocenters. The second-order valence-corrected chi connectivity index (χ2v) is 5.53. The molecule has 3 N–H and O–H groups in total. The molecule has 0 aliphatic carbocycles. The van der Waals surface area contributed by atoms with Crippen LogP contribution in [0.2, 0.25) is 5.02 Å². The Hall–Kier alpha value is -1.46. The molecule has 110 valence electrons. The number of nitrogens with zero attached hydrogens (tertiary/aromatic N) is 1. The number of nitrogens with two attached hydrogens (primary N) is 1. The maximum Gasteiger partial charge on any atom is 0.255 e. The van der Waals surface area contributed by atoms with Crippen molar-refractivity contribution in [2.45, 2.75) is 18.9 Å². The fourth-order valence-electron chi connectivity index (χ4n) is 2.33. The van der Waals surface area contributed by atoms with Gasteiger partial charge >= 0.3 is 0 Å². The first-order valence-corrected chi connectivity index (χ1v) is 7.01. The number of likely N-dealkylation sites (tertiary alicyclic amines) is 1. The van der Waals surface area contributed by atoms with Crippen LogP contribution in [0.15, 0.2) is 12.1 Å². The summed E-state index contributed by atoms with van der Waals surface area (Å²) in [6.07, 6.45) is 1.90. The van der Waals surface area contributed by atoms with Crippen molar-refractivity contribution in [3.8, 4) is 5.75 Å². The van der Waals surface area contributed by atoms with E-state index in [-0.39, 0.29) is 11.9 Å². The predicted octanol–water partition coefficient (Wildman–Crippen LogP) is 1.75. The van der Waals surface area contributed by atoms with Gasteiger partial charge in [-0.3, -0.25) is 4.79 Å². The van der Waals surface area contributed by atoms with E-state index in [0.29, 0.717) is 22.0 Å². The van der Waals surface area contributed by atoms with Crippen molar-refractivity contribution in [3.63, 3.8) is 0 Å². The molecule has 6 heteroatoms. The molecule has 0 radical (unpaired) electrons. The average Bonchev–Trinajstić information content (AvgIpc) is 2.43. The van der Waals surface area contributed by atoms with Gasteiger partial charge in [0, 0.05) is 12.1 Å². The fraction of sp³-hybridized carbons (Fsp3) is 0.500. The number of nitrogen functional groups attached to an aromatic ring is 1. The molecule has 0 saturated carbocycles. The summed E-state index contributed by atoms with van der Waals surface area (Å²) >= 11 is 5.98. The number of benzene rings is 1. The first kappa shape index (κ1) is 14.9. The second-order valence-electron chi connectivity index (χ2n) is 5.13. The molecule has 1 aromatic carbocycles. The van der Waals surface area contributed by atoms with Crippen molar-refractivity contribution < 1.29 is 9.53 Å². The van der Waals surface area contributed by atoms with Crippen LogP contribution in [0.1, 0.15) is 23.2 Å². The lowest BCUT2D eigenvalue weighted by molar-refractivity contribution is 0.0914. The van der Waals surface area contributed by atoms with E-state index in [2.05, 4.69) is 17.3 Å². The summed E-state index contributed by atoms with van der Waals surface area (Å²) in [4.78, 5) is 14.6. The standard InChI is InChI=1S/C14H20ClN3O2/c1-18-5-3-9(4-6-18)17-14(19)10-7-11(15)12(16)8-13(10)20-2/h7-9H,3-6,16H2,1-2H3,(H,17,19). The van der Waals surface area contributed by atoms with E-state index in [4.69, 9.17) is 22.1 Å². The predicted molar refractivity (Wildman–Crippen MR) is 80.4 cm³/mol. The summed E-state index contributed by atoms with van der Waals surface area (Å²) in [6, 6.07) is 3.33. The van der Waals surface area contributed by atoms with E-state index < -0.39 is 0 Å². The first-order chi connectivity index (χ1) is 9.51. The van der Waals surface area contributed by atoms with E-state index in [0.717, 1.165) is 25.9 Å². The summed E-state index contributed by atoms with van der Waals surface area (Å²) in [7, 11) is 3.59. The summed E-state index contributed by atoms with van der Waals surface area (Å²) in [6.45, 7) is 1.98. The molecule has 0 bridgehead atoms. The summed E-state index contributed by atoms with van der Waals surface area (Å²) < 4.78 is 5.20. The monoisotopic (exact) mass is 297 g/mol. The van der Waals surface area contributed by atoms with Crippen molar-refractivity contribution in [1.82, 2.24) is 10.2 Å². The molecule has 0 spiro atoms. The number of rotatable bonds is 3. The zero-order valence-corrected chi connectivity index (χ0v) is 12.5. The van der Waals surface area contributed by atoms with Gasteiger partial charge in [0.25, 0.3) is 5.91 Å². The van der Waals surface area contributed by atoms with E-state index >= 15 is 0 Å². The van der Waals surface area contributed by atoms with Gasteiger partial charge in [-0.15, -0.1) is 0 Å². The second kappa shape index (κ2) is 6.33. The van der Waals surface area contributed by atoms with Crippen LogP contribution in [0.3, 0.4) is 0 Å². The van der Waals surface area contributed by atoms with E-state index in [1.165, 1.54) is 7.11 Å². The van der Waals surface area contributed by atoms with Crippen molar-refractivity contribution in [2.24, 2.45) is 0 Å². The van der Waals surface area contributed by atoms with Crippen LogP contribution in [0.4, 0.5) is 5.69 Å². The van der Waals surface area contributed by atoms with E-state index in [1.807, 2.05) is 0 Å². The number of piperidine rings is 1. The molecule has 0 aromatic heterocycles. The quantitative estimate of drug-likeness (QED) is 0.834. The number of nitrogens with one attached hydrogen (secondary N) is 1. The highest BCUT2D eigenvalue weighted by atomic mass is 35.5. The zero-order valence-electron chi connectivity index (χ0n) is 11.8. The van der Waals surface area contributed by atoms with Crippen LogP contribution in [-0.4, -0.2) is 44.1 Å². The average molecular weight is 298 g/mol. The molecule has 20 heavy (non-hydrogen) atoms. The van der Waals surface area contributed by atoms with E-state index in [1.54, 1.807) is 12.1 Å². The molecule has 1 fully saturated rings. The molecule has 1 aliphatic rings. The maximum atomic E-state index is 12.3. The minimum atomic E-state index is -0.168. The third kappa shape index (κ3) is 3.35. The van der Waals surface area contributed by atoms with E-state index in [9.17, 15) is 4.79 Å². The third-order valence-corrected chi connectivity index (χ3v) is 3.94. The molecular weight excluding hydrogens is 278 g/mol.